The number of unbranched alkanes of at least 4 members (excludes halogenated alkanes) is 1. The summed E-state index contributed by atoms with van der Waals surface area (Å²) >= 11 is 0. The summed E-state index contributed by atoms with van der Waals surface area (Å²) in [5.41, 5.74) is 18.6. The molecule has 0 bridgehead atoms. The van der Waals surface area contributed by atoms with Gasteiger partial charge in [-0.05, 0) is 75.3 Å². The highest BCUT2D eigenvalue weighted by molar-refractivity contribution is 6.00. The van der Waals surface area contributed by atoms with E-state index in [0.29, 0.717) is 25.8 Å². The van der Waals surface area contributed by atoms with Crippen LogP contribution in [0.3, 0.4) is 0 Å². The number of hydrogen-bond acceptors (Lipinski definition) is 12. The number of primary amides is 1. The van der Waals surface area contributed by atoms with Crippen LogP contribution in [0.4, 0.5) is 0 Å². The predicted octanol–water partition coefficient (Wildman–Crippen LogP) is 1.58. The number of nitrogens with two attached hydrogens (primary N) is 3. The maximum Gasteiger partial charge on any atom is 0.237 e. The molecule has 0 aliphatic carbocycles. The van der Waals surface area contributed by atoms with Crippen molar-refractivity contribution in [1.82, 2.24) is 21.3 Å². The normalized spacial score (nSPS) is 22.0. The standard InChI is InChI=1S/C47H75N7O10/c1-26(2)17-32-22-39(56)29(7)51-46(63)34(33(43(50)60)23-41(58)37(19-28(5)6)52-45(32)62)24-42(59)38(25-55)54-44(61)31(15-11-12-16-48)21-40(57)36(18-27(3)4)53-47(64)35(49)20-30-13-9-8-10-14-30/h8-10,13-14,26-29,31-38,55H,11-12,15-25,48-49H2,1-7H3,(H2,50,60)(H,51,63)(H,52,62)(H,53,64)(H,54,61). The predicted molar refractivity (Wildman–Crippen MR) is 242 cm³/mol. The summed E-state index contributed by atoms with van der Waals surface area (Å²) in [6, 6.07) is 3.39. The van der Waals surface area contributed by atoms with Crippen LogP contribution >= 0.6 is 0 Å². The highest BCUT2D eigenvalue weighted by Crippen LogP contribution is 2.26. The lowest BCUT2D eigenvalue weighted by Crippen LogP contribution is -2.52. The average Bonchev–Trinajstić information content (AvgIpc) is 3.22. The third kappa shape index (κ3) is 18.7. The Balaban J connectivity index is 2.42. The summed E-state index contributed by atoms with van der Waals surface area (Å²) < 4.78 is 0. The summed E-state index contributed by atoms with van der Waals surface area (Å²) in [4.78, 5) is 123. The van der Waals surface area contributed by atoms with Gasteiger partial charge in [-0.1, -0.05) is 78.3 Å². The Morgan fingerprint density at radius 2 is 1.41 bits per heavy atom. The van der Waals surface area contributed by atoms with Crippen molar-refractivity contribution in [1.29, 1.82) is 0 Å². The largest absolute Gasteiger partial charge is 0.394 e. The number of carbonyl (C=O) groups excluding carboxylic acids is 9. The maximum absolute atomic E-state index is 14.0. The van der Waals surface area contributed by atoms with E-state index in [0.717, 1.165) is 5.56 Å². The van der Waals surface area contributed by atoms with Gasteiger partial charge in [-0.25, -0.2) is 0 Å². The average molecular weight is 898 g/mol. The molecular weight excluding hydrogens is 823 g/mol. The van der Waals surface area contributed by atoms with Crippen LogP contribution in [0.2, 0.25) is 0 Å². The van der Waals surface area contributed by atoms with Crippen molar-refractivity contribution in [2.45, 2.75) is 149 Å². The van der Waals surface area contributed by atoms with Gasteiger partial charge in [0, 0.05) is 37.5 Å². The first-order chi connectivity index (χ1) is 30.1. The summed E-state index contributed by atoms with van der Waals surface area (Å²) in [7, 11) is 0. The first-order valence-electron chi connectivity index (χ1n) is 22.8. The van der Waals surface area contributed by atoms with Crippen molar-refractivity contribution in [3.63, 3.8) is 0 Å². The number of benzene rings is 1. The fraction of sp³-hybridized carbons (Fsp3) is 0.681. The van der Waals surface area contributed by atoms with Crippen LogP contribution in [0.1, 0.15) is 118 Å². The van der Waals surface area contributed by atoms with Crippen LogP contribution in [-0.4, -0.2) is 101 Å². The summed E-state index contributed by atoms with van der Waals surface area (Å²) in [6.45, 7) is 12.0. The third-order valence-corrected chi connectivity index (χ3v) is 11.6. The SMILES string of the molecule is CC(C)CC1CC(=O)C(C)NC(=O)C(CC(=O)C(CO)NC(=O)C(CCCCN)CC(=O)C(CC(C)C)NC(=O)C(N)Cc2ccccc2)C(C(N)=O)CC(=O)C(CC(C)C)NC1=O. The fourth-order valence-electron chi connectivity index (χ4n) is 8.03. The van der Waals surface area contributed by atoms with Gasteiger partial charge in [0.15, 0.2) is 23.1 Å². The molecule has 0 saturated carbocycles. The van der Waals surface area contributed by atoms with Gasteiger partial charge in [0.2, 0.25) is 29.5 Å². The summed E-state index contributed by atoms with van der Waals surface area (Å²) in [5, 5.41) is 21.1. The molecule has 64 heavy (non-hydrogen) atoms. The van der Waals surface area contributed by atoms with E-state index in [1.807, 2.05) is 71.9 Å². The number of amides is 5. The Morgan fingerprint density at radius 3 is 1.97 bits per heavy atom. The number of aliphatic hydroxyl groups is 1. The van der Waals surface area contributed by atoms with Crippen molar-refractivity contribution >= 4 is 52.7 Å². The molecule has 17 nitrogen and oxygen atoms in total. The van der Waals surface area contributed by atoms with Crippen LogP contribution in [0.25, 0.3) is 0 Å². The summed E-state index contributed by atoms with van der Waals surface area (Å²) in [6.07, 6.45) is 0.174. The van der Waals surface area contributed by atoms with Crippen LogP contribution in [0, 0.1) is 41.4 Å². The quantitative estimate of drug-likeness (QED) is 0.0687. The Morgan fingerprint density at radius 1 is 0.781 bits per heavy atom. The van der Waals surface area contributed by atoms with Gasteiger partial charge in [-0.3, -0.25) is 43.2 Å². The second kappa shape index (κ2) is 27.5. The number of rotatable bonds is 24. The zero-order chi connectivity index (χ0) is 48.3. The molecule has 1 fully saturated rings. The second-order valence-electron chi connectivity index (χ2n) is 18.8. The Hall–Kier alpha value is -4.87. The zero-order valence-electron chi connectivity index (χ0n) is 38.9. The molecule has 5 amide bonds. The Labute approximate surface area is 378 Å². The minimum Gasteiger partial charge on any atom is -0.394 e. The molecule has 1 heterocycles. The zero-order valence-corrected chi connectivity index (χ0v) is 38.9. The van der Waals surface area contributed by atoms with Gasteiger partial charge in [-0.2, -0.15) is 0 Å². The second-order valence-corrected chi connectivity index (χ2v) is 18.8. The fourth-order valence-corrected chi connectivity index (χ4v) is 8.03. The third-order valence-electron chi connectivity index (χ3n) is 11.6. The van der Waals surface area contributed by atoms with Gasteiger partial charge in [0.1, 0.15) is 6.04 Å². The topological polar surface area (TPSA) is 300 Å². The van der Waals surface area contributed by atoms with Crippen LogP contribution < -0.4 is 38.5 Å². The van der Waals surface area contributed by atoms with Crippen molar-refractivity contribution in [3.05, 3.63) is 35.9 Å². The monoisotopic (exact) mass is 898 g/mol. The van der Waals surface area contributed by atoms with Gasteiger partial charge < -0.3 is 43.6 Å². The molecule has 358 valence electrons. The lowest BCUT2D eigenvalue weighted by atomic mass is 9.80. The van der Waals surface area contributed by atoms with E-state index in [-0.39, 0.29) is 56.3 Å². The molecule has 1 aromatic carbocycles. The molecule has 1 saturated heterocycles. The Kier molecular flexibility index (Phi) is 23.7. The highest BCUT2D eigenvalue weighted by atomic mass is 16.3. The number of hydrogen-bond donors (Lipinski definition) is 8. The molecular formula is C47H75N7O10. The van der Waals surface area contributed by atoms with E-state index in [1.54, 1.807) is 0 Å². The number of nitrogens with one attached hydrogen (secondary N) is 4. The number of carbonyl (C=O) groups is 9. The number of aliphatic hydroxyl groups excluding tert-OH is 1. The van der Waals surface area contributed by atoms with E-state index in [1.165, 1.54) is 6.92 Å². The molecule has 0 spiro atoms. The molecule has 0 radical (unpaired) electrons. The van der Waals surface area contributed by atoms with Crippen molar-refractivity contribution in [2.75, 3.05) is 13.2 Å². The number of ketones is 4. The first kappa shape index (κ1) is 55.3. The van der Waals surface area contributed by atoms with E-state index < -0.39 is 126 Å². The highest BCUT2D eigenvalue weighted by Gasteiger charge is 2.41. The molecule has 9 unspecified atom stereocenters. The number of Topliss-reactive ketones (excluding diaryl/α,β-unsaturated/α-hetero) is 4. The van der Waals surface area contributed by atoms with Gasteiger partial charge in [0.05, 0.1) is 42.6 Å². The minimum absolute atomic E-state index is 0.0176. The van der Waals surface area contributed by atoms with E-state index in [4.69, 9.17) is 17.2 Å². The van der Waals surface area contributed by atoms with Crippen LogP contribution in [-0.2, 0) is 49.6 Å². The molecule has 1 aromatic rings. The molecule has 17 heteroatoms. The lowest BCUT2D eigenvalue weighted by Gasteiger charge is -2.28. The van der Waals surface area contributed by atoms with Crippen LogP contribution in [0.5, 0.6) is 0 Å². The minimum atomic E-state index is -1.62. The van der Waals surface area contributed by atoms with Crippen molar-refractivity contribution < 1.29 is 48.3 Å². The van der Waals surface area contributed by atoms with Gasteiger partial charge >= 0.3 is 0 Å². The van der Waals surface area contributed by atoms with E-state index in [9.17, 15) is 48.3 Å². The summed E-state index contributed by atoms with van der Waals surface area (Å²) in [5.74, 6) is -11.3. The van der Waals surface area contributed by atoms with Gasteiger partial charge in [0.25, 0.3) is 0 Å². The molecule has 11 N–H and O–H groups in total. The lowest BCUT2D eigenvalue weighted by molar-refractivity contribution is -0.140. The molecule has 1 aliphatic heterocycles. The van der Waals surface area contributed by atoms with E-state index in [2.05, 4.69) is 21.3 Å². The molecule has 1 aliphatic rings. The molecule has 9 atom stereocenters. The smallest absolute Gasteiger partial charge is 0.237 e. The van der Waals surface area contributed by atoms with E-state index >= 15 is 0 Å². The van der Waals surface area contributed by atoms with Gasteiger partial charge in [-0.15, -0.1) is 0 Å². The molecule has 0 aromatic heterocycles. The van der Waals surface area contributed by atoms with Crippen molar-refractivity contribution in [3.8, 4) is 0 Å². The molecule has 2 rings (SSSR count). The first-order valence-corrected chi connectivity index (χ1v) is 22.8. The Bertz CT molecular complexity index is 1750. The van der Waals surface area contributed by atoms with Crippen LogP contribution in [0.15, 0.2) is 30.3 Å². The van der Waals surface area contributed by atoms with Crippen molar-refractivity contribution in [2.24, 2.45) is 58.6 Å². The maximum atomic E-state index is 14.0.